The van der Waals surface area contributed by atoms with E-state index in [-0.39, 0.29) is 17.2 Å². The minimum Gasteiger partial charge on any atom is -0.326 e. The number of para-hydroxylation sites is 1. The van der Waals surface area contributed by atoms with Crippen LogP contribution >= 0.6 is 0 Å². The van der Waals surface area contributed by atoms with Crippen molar-refractivity contribution in [3.8, 4) is 0 Å². The van der Waals surface area contributed by atoms with Gasteiger partial charge in [0.15, 0.2) is 0 Å². The number of piperidine rings is 1. The van der Waals surface area contributed by atoms with Crippen LogP contribution in [0.2, 0.25) is 0 Å². The van der Waals surface area contributed by atoms with Crippen molar-refractivity contribution in [1.29, 1.82) is 0 Å². The van der Waals surface area contributed by atoms with Gasteiger partial charge in [-0.3, -0.25) is 4.79 Å². The fraction of sp³-hybridized carbons (Fsp3) is 0.611. The van der Waals surface area contributed by atoms with Gasteiger partial charge in [-0.25, -0.2) is 0 Å². The van der Waals surface area contributed by atoms with E-state index in [1.54, 1.807) is 0 Å². The minimum absolute atomic E-state index is 0.0291. The number of benzene rings is 1. The van der Waals surface area contributed by atoms with Crippen LogP contribution in [-0.2, 0) is 20.4 Å². The Morgan fingerprint density at radius 2 is 1.72 bits per heavy atom. The van der Waals surface area contributed by atoms with E-state index in [0.717, 1.165) is 11.3 Å². The lowest BCUT2D eigenvalue weighted by atomic mass is 9.85. The molecule has 0 saturated carbocycles. The molecule has 0 spiro atoms. The summed E-state index contributed by atoms with van der Waals surface area (Å²) < 4.78 is 27.0. The number of hydrogen-bond acceptors (Lipinski definition) is 3. The Morgan fingerprint density at radius 3 is 2.24 bits per heavy atom. The summed E-state index contributed by atoms with van der Waals surface area (Å²) in [6.45, 7) is 7.09. The maximum absolute atomic E-state index is 12.6. The molecule has 0 aliphatic carbocycles. The number of carbonyl (C=O) groups excluding carboxylic acids is 1. The first-order valence-electron chi connectivity index (χ1n) is 8.61. The summed E-state index contributed by atoms with van der Waals surface area (Å²) in [7, 11) is -0.348. The maximum atomic E-state index is 12.6. The van der Waals surface area contributed by atoms with Gasteiger partial charge in [0.05, 0.1) is 0 Å². The molecule has 25 heavy (non-hydrogen) atoms. The zero-order chi connectivity index (χ0) is 18.8. The van der Waals surface area contributed by atoms with E-state index >= 15 is 0 Å². The van der Waals surface area contributed by atoms with E-state index in [2.05, 4.69) is 26.1 Å². The SMILES string of the molecule is CN(C)S(=O)(=O)N1CCC(C(=O)Nc2ccccc2C(C)(C)C)CC1. The summed E-state index contributed by atoms with van der Waals surface area (Å²) >= 11 is 0. The van der Waals surface area contributed by atoms with E-state index in [1.807, 2.05) is 24.3 Å². The smallest absolute Gasteiger partial charge is 0.281 e. The molecule has 1 heterocycles. The molecule has 0 bridgehead atoms. The summed E-state index contributed by atoms with van der Waals surface area (Å²) in [6.07, 6.45) is 1.08. The Bertz CT molecular complexity index is 715. The van der Waals surface area contributed by atoms with E-state index < -0.39 is 10.2 Å². The highest BCUT2D eigenvalue weighted by Gasteiger charge is 2.32. The third kappa shape index (κ3) is 4.59. The normalized spacial score (nSPS) is 17.7. The average molecular weight is 368 g/mol. The third-order valence-electron chi connectivity index (χ3n) is 4.61. The lowest BCUT2D eigenvalue weighted by molar-refractivity contribution is -0.120. The fourth-order valence-corrected chi connectivity index (χ4v) is 4.19. The van der Waals surface area contributed by atoms with Crippen molar-refractivity contribution in [3.05, 3.63) is 29.8 Å². The van der Waals surface area contributed by atoms with Crippen LogP contribution in [0.4, 0.5) is 5.69 Å². The van der Waals surface area contributed by atoms with E-state index in [0.29, 0.717) is 25.9 Å². The Morgan fingerprint density at radius 1 is 1.16 bits per heavy atom. The van der Waals surface area contributed by atoms with E-state index in [9.17, 15) is 13.2 Å². The molecular weight excluding hydrogens is 338 g/mol. The van der Waals surface area contributed by atoms with E-state index in [4.69, 9.17) is 0 Å². The van der Waals surface area contributed by atoms with Gasteiger partial charge in [0.2, 0.25) is 5.91 Å². The topological polar surface area (TPSA) is 69.7 Å². The number of nitrogens with zero attached hydrogens (tertiary/aromatic N) is 2. The monoisotopic (exact) mass is 367 g/mol. The Labute approximate surface area is 151 Å². The second-order valence-corrected chi connectivity index (χ2v) is 9.89. The molecule has 1 aliphatic heterocycles. The van der Waals surface area contributed by atoms with Gasteiger partial charge < -0.3 is 5.32 Å². The molecule has 1 saturated heterocycles. The molecule has 6 nitrogen and oxygen atoms in total. The summed E-state index contributed by atoms with van der Waals surface area (Å²) in [5.41, 5.74) is 1.87. The Kier molecular flexibility index (Phi) is 5.91. The number of amides is 1. The van der Waals surface area contributed by atoms with Crippen molar-refractivity contribution in [1.82, 2.24) is 8.61 Å². The first-order chi connectivity index (χ1) is 11.5. The van der Waals surface area contributed by atoms with Gasteiger partial charge in [-0.1, -0.05) is 39.0 Å². The molecule has 1 aliphatic rings. The molecule has 0 unspecified atom stereocenters. The van der Waals surface area contributed by atoms with E-state index in [1.165, 1.54) is 22.7 Å². The molecule has 0 radical (unpaired) electrons. The van der Waals surface area contributed by atoms with Crippen molar-refractivity contribution in [2.24, 2.45) is 5.92 Å². The van der Waals surface area contributed by atoms with Crippen molar-refractivity contribution in [2.75, 3.05) is 32.5 Å². The number of hydrogen-bond donors (Lipinski definition) is 1. The standard InChI is InChI=1S/C18H29N3O3S/c1-18(2,3)15-8-6-7-9-16(15)19-17(22)14-10-12-21(13-11-14)25(23,24)20(4)5/h6-9,14H,10-13H2,1-5H3,(H,19,22). The lowest BCUT2D eigenvalue weighted by Crippen LogP contribution is -2.46. The van der Waals surface area contributed by atoms with Gasteiger partial charge in [-0.2, -0.15) is 17.0 Å². The van der Waals surface area contributed by atoms with Crippen molar-refractivity contribution >= 4 is 21.8 Å². The van der Waals surface area contributed by atoms with Gasteiger partial charge in [0.1, 0.15) is 0 Å². The first kappa shape index (κ1) is 19.9. The highest BCUT2D eigenvalue weighted by Crippen LogP contribution is 2.30. The minimum atomic E-state index is -3.40. The van der Waals surface area contributed by atoms with Gasteiger partial charge in [-0.05, 0) is 29.9 Å². The third-order valence-corrected chi connectivity index (χ3v) is 6.55. The zero-order valence-corrected chi connectivity index (χ0v) is 16.6. The van der Waals surface area contributed by atoms with Crippen LogP contribution in [-0.4, -0.2) is 50.1 Å². The summed E-state index contributed by atoms with van der Waals surface area (Å²) in [4.78, 5) is 12.6. The highest BCUT2D eigenvalue weighted by atomic mass is 32.2. The summed E-state index contributed by atoms with van der Waals surface area (Å²) in [5, 5.41) is 3.05. The molecule has 1 aromatic carbocycles. The number of rotatable bonds is 4. The molecule has 7 heteroatoms. The molecule has 1 aromatic rings. The van der Waals surface area contributed by atoms with Crippen LogP contribution in [0, 0.1) is 5.92 Å². The molecule has 2 rings (SSSR count). The number of nitrogens with one attached hydrogen (secondary N) is 1. The van der Waals surface area contributed by atoms with Crippen LogP contribution in [0.25, 0.3) is 0 Å². The quantitative estimate of drug-likeness (QED) is 0.889. The van der Waals surface area contributed by atoms with Crippen molar-refractivity contribution in [3.63, 3.8) is 0 Å². The van der Waals surface area contributed by atoms with Crippen LogP contribution in [0.1, 0.15) is 39.2 Å². The first-order valence-corrected chi connectivity index (χ1v) is 10.0. The maximum Gasteiger partial charge on any atom is 0.281 e. The molecule has 0 aromatic heterocycles. The summed E-state index contributed by atoms with van der Waals surface area (Å²) in [6, 6.07) is 7.84. The zero-order valence-electron chi connectivity index (χ0n) is 15.7. The van der Waals surface area contributed by atoms with Crippen LogP contribution < -0.4 is 5.32 Å². The fourth-order valence-electron chi connectivity index (χ4n) is 3.06. The molecule has 0 atom stereocenters. The van der Waals surface area contributed by atoms with Gasteiger partial charge in [-0.15, -0.1) is 0 Å². The summed E-state index contributed by atoms with van der Waals surface area (Å²) in [5.74, 6) is -0.194. The Hall–Kier alpha value is -1.44. The van der Waals surface area contributed by atoms with Gasteiger partial charge in [0.25, 0.3) is 10.2 Å². The number of carbonyl (C=O) groups is 1. The van der Waals surface area contributed by atoms with Crippen molar-refractivity contribution in [2.45, 2.75) is 39.0 Å². The highest BCUT2D eigenvalue weighted by molar-refractivity contribution is 7.86. The Balaban J connectivity index is 2.03. The molecule has 1 N–H and O–H groups in total. The average Bonchev–Trinajstić information content (AvgIpc) is 2.54. The molecular formula is C18H29N3O3S. The lowest BCUT2D eigenvalue weighted by Gasteiger charge is -2.32. The van der Waals surface area contributed by atoms with Crippen LogP contribution in [0.5, 0.6) is 0 Å². The predicted octanol–water partition coefficient (Wildman–Crippen LogP) is 2.44. The number of anilines is 1. The molecule has 1 fully saturated rings. The van der Waals surface area contributed by atoms with Crippen LogP contribution in [0.3, 0.4) is 0 Å². The van der Waals surface area contributed by atoms with Crippen molar-refractivity contribution < 1.29 is 13.2 Å². The largest absolute Gasteiger partial charge is 0.326 e. The second kappa shape index (κ2) is 7.43. The second-order valence-electron chi connectivity index (χ2n) is 7.75. The van der Waals surface area contributed by atoms with Gasteiger partial charge >= 0.3 is 0 Å². The van der Waals surface area contributed by atoms with Gasteiger partial charge in [0, 0.05) is 38.8 Å². The van der Waals surface area contributed by atoms with Crippen LogP contribution in [0.15, 0.2) is 24.3 Å². The molecule has 140 valence electrons. The molecule has 1 amide bonds. The predicted molar refractivity (Wildman–Crippen MR) is 101 cm³/mol.